The minimum atomic E-state index is -0.832. The van der Waals surface area contributed by atoms with Crippen LogP contribution in [0.25, 0.3) is 0 Å². The Kier molecular flexibility index (Phi) is 4.59. The first-order chi connectivity index (χ1) is 9.63. The third-order valence-electron chi connectivity index (χ3n) is 3.34. The number of nitrogens with zero attached hydrogens (tertiary/aromatic N) is 1. The molecule has 1 saturated heterocycles. The van der Waals surface area contributed by atoms with Crippen molar-refractivity contribution in [2.24, 2.45) is 0 Å². The molecule has 2 unspecified atom stereocenters. The maximum atomic E-state index is 10.8. The number of carboxylic acids is 1. The van der Waals surface area contributed by atoms with Crippen LogP contribution >= 0.6 is 0 Å². The molecule has 0 spiro atoms. The van der Waals surface area contributed by atoms with Crippen LogP contribution in [0, 0.1) is 11.3 Å². The van der Waals surface area contributed by atoms with Crippen LogP contribution in [0.3, 0.4) is 0 Å². The van der Waals surface area contributed by atoms with Crippen LogP contribution in [0.1, 0.15) is 36.8 Å². The summed E-state index contributed by atoms with van der Waals surface area (Å²) in [5.41, 5.74) is 1.30. The minimum absolute atomic E-state index is 0.0670. The normalized spacial score (nSPS) is 18.1. The zero-order valence-corrected chi connectivity index (χ0v) is 11.3. The van der Waals surface area contributed by atoms with Gasteiger partial charge in [-0.15, -0.1) is 0 Å². The van der Waals surface area contributed by atoms with E-state index in [4.69, 9.17) is 14.6 Å². The lowest BCUT2D eigenvalue weighted by Crippen LogP contribution is -2.08. The first-order valence-electron chi connectivity index (χ1n) is 6.64. The summed E-state index contributed by atoms with van der Waals surface area (Å²) >= 11 is 0. The number of nitriles is 1. The number of carboxylic acid groups (broad SMARTS) is 1. The lowest BCUT2D eigenvalue weighted by Gasteiger charge is -2.14. The van der Waals surface area contributed by atoms with E-state index in [1.165, 1.54) is 0 Å². The molecule has 0 bridgehead atoms. The van der Waals surface area contributed by atoms with E-state index >= 15 is 0 Å². The van der Waals surface area contributed by atoms with Gasteiger partial charge in [0.1, 0.15) is 24.5 Å². The number of epoxide rings is 1. The molecule has 5 heteroatoms. The monoisotopic (exact) mass is 275 g/mol. The van der Waals surface area contributed by atoms with Crippen molar-refractivity contribution >= 4 is 5.97 Å². The van der Waals surface area contributed by atoms with Crippen LogP contribution in [0.5, 0.6) is 5.75 Å². The van der Waals surface area contributed by atoms with Crippen LogP contribution in [-0.4, -0.2) is 30.4 Å². The summed E-state index contributed by atoms with van der Waals surface area (Å²) in [6.45, 7) is 3.09. The number of hydrogen-bond donors (Lipinski definition) is 1. The molecule has 1 aliphatic rings. The van der Waals surface area contributed by atoms with Crippen molar-refractivity contribution in [3.8, 4) is 11.8 Å². The van der Waals surface area contributed by atoms with Crippen molar-refractivity contribution in [1.29, 1.82) is 5.26 Å². The van der Waals surface area contributed by atoms with Crippen LogP contribution in [-0.2, 0) is 9.53 Å². The Bertz CT molecular complexity index is 531. The Hall–Kier alpha value is -2.06. The van der Waals surface area contributed by atoms with Crippen molar-refractivity contribution in [1.82, 2.24) is 0 Å². The molecule has 0 amide bonds. The molecule has 1 heterocycles. The summed E-state index contributed by atoms with van der Waals surface area (Å²) in [5, 5.41) is 18.1. The number of carbonyl (C=O) groups is 1. The molecule has 1 aromatic rings. The molecule has 106 valence electrons. The van der Waals surface area contributed by atoms with E-state index in [-0.39, 0.29) is 18.4 Å². The summed E-state index contributed by atoms with van der Waals surface area (Å²) in [7, 11) is 0. The van der Waals surface area contributed by atoms with Gasteiger partial charge in [-0.1, -0.05) is 13.0 Å². The maximum absolute atomic E-state index is 10.8. The highest BCUT2D eigenvalue weighted by Crippen LogP contribution is 2.28. The highest BCUT2D eigenvalue weighted by Gasteiger charge is 2.24. The predicted molar refractivity (Wildman–Crippen MR) is 71.7 cm³/mol. The second-order valence-electron chi connectivity index (χ2n) is 4.84. The predicted octanol–water partition coefficient (Wildman–Crippen LogP) is 2.30. The van der Waals surface area contributed by atoms with Crippen molar-refractivity contribution in [2.45, 2.75) is 31.8 Å². The lowest BCUT2D eigenvalue weighted by molar-refractivity contribution is -0.137. The van der Waals surface area contributed by atoms with Gasteiger partial charge in [0.25, 0.3) is 0 Å². The van der Waals surface area contributed by atoms with E-state index < -0.39 is 5.97 Å². The molecule has 0 radical (unpaired) electrons. The fourth-order valence-corrected chi connectivity index (χ4v) is 2.07. The van der Waals surface area contributed by atoms with E-state index in [1.54, 1.807) is 12.1 Å². The second-order valence-corrected chi connectivity index (χ2v) is 4.84. The van der Waals surface area contributed by atoms with E-state index in [2.05, 4.69) is 6.07 Å². The third kappa shape index (κ3) is 3.72. The molecule has 1 aromatic carbocycles. The average molecular weight is 275 g/mol. The fourth-order valence-electron chi connectivity index (χ4n) is 2.07. The van der Waals surface area contributed by atoms with E-state index in [9.17, 15) is 10.1 Å². The van der Waals surface area contributed by atoms with Crippen molar-refractivity contribution < 1.29 is 19.4 Å². The zero-order valence-electron chi connectivity index (χ0n) is 11.3. The zero-order chi connectivity index (χ0) is 14.5. The number of aliphatic carboxylic acids is 1. The summed E-state index contributed by atoms with van der Waals surface area (Å²) in [4.78, 5) is 10.8. The molecule has 1 fully saturated rings. The van der Waals surface area contributed by atoms with Gasteiger partial charge in [0.2, 0.25) is 0 Å². The van der Waals surface area contributed by atoms with Crippen LogP contribution in [0.15, 0.2) is 18.2 Å². The highest BCUT2D eigenvalue weighted by molar-refractivity contribution is 5.68. The Morgan fingerprint density at radius 3 is 2.95 bits per heavy atom. The second kappa shape index (κ2) is 6.40. The van der Waals surface area contributed by atoms with Crippen LogP contribution in [0.4, 0.5) is 0 Å². The summed E-state index contributed by atoms with van der Waals surface area (Å²) in [6.07, 6.45) is 0.918. The lowest BCUT2D eigenvalue weighted by atomic mass is 9.92. The van der Waals surface area contributed by atoms with Gasteiger partial charge in [-0.3, -0.25) is 4.79 Å². The van der Waals surface area contributed by atoms with E-state index in [0.717, 1.165) is 5.56 Å². The molecular formula is C15H17NO4. The first kappa shape index (κ1) is 14.4. The number of benzene rings is 1. The fraction of sp³-hybridized carbons (Fsp3) is 0.467. The highest BCUT2D eigenvalue weighted by atomic mass is 16.6. The van der Waals surface area contributed by atoms with Crippen LogP contribution in [0.2, 0.25) is 0 Å². The standard InChI is InChI=1S/C15H17NO4/c1-2-10(6-15(17)18)11-3-4-14(12(5-11)7-16)20-9-13-8-19-13/h3-5,10,13H,2,6,8-9H2,1H3,(H,17,18). The van der Waals surface area contributed by atoms with Gasteiger partial charge in [-0.25, -0.2) is 0 Å². The molecule has 1 N–H and O–H groups in total. The van der Waals surface area contributed by atoms with Gasteiger partial charge < -0.3 is 14.6 Å². The molecular weight excluding hydrogens is 258 g/mol. The van der Waals surface area contributed by atoms with Gasteiger partial charge in [0.05, 0.1) is 18.6 Å². The molecule has 2 atom stereocenters. The number of ether oxygens (including phenoxy) is 2. The molecule has 5 nitrogen and oxygen atoms in total. The minimum Gasteiger partial charge on any atom is -0.489 e. The number of rotatable bonds is 7. The Balaban J connectivity index is 2.14. The molecule has 1 aliphatic heterocycles. The molecule has 2 rings (SSSR count). The van der Waals surface area contributed by atoms with Crippen molar-refractivity contribution in [3.63, 3.8) is 0 Å². The Morgan fingerprint density at radius 1 is 1.65 bits per heavy atom. The number of hydrogen-bond acceptors (Lipinski definition) is 4. The van der Waals surface area contributed by atoms with Gasteiger partial charge in [0, 0.05) is 0 Å². The van der Waals surface area contributed by atoms with Gasteiger partial charge in [-0.05, 0) is 30.0 Å². The van der Waals surface area contributed by atoms with Gasteiger partial charge in [-0.2, -0.15) is 5.26 Å². The average Bonchev–Trinajstić information content (AvgIpc) is 3.26. The first-order valence-corrected chi connectivity index (χ1v) is 6.64. The van der Waals surface area contributed by atoms with Gasteiger partial charge in [0.15, 0.2) is 0 Å². The smallest absolute Gasteiger partial charge is 0.303 e. The molecule has 0 saturated carbocycles. The molecule has 20 heavy (non-hydrogen) atoms. The molecule has 0 aromatic heterocycles. The van der Waals surface area contributed by atoms with Crippen molar-refractivity contribution in [2.75, 3.05) is 13.2 Å². The summed E-state index contributed by atoms with van der Waals surface area (Å²) < 4.78 is 10.6. The van der Waals surface area contributed by atoms with E-state index in [0.29, 0.717) is 30.9 Å². The van der Waals surface area contributed by atoms with Gasteiger partial charge >= 0.3 is 5.97 Å². The topological polar surface area (TPSA) is 82.8 Å². The Morgan fingerprint density at radius 2 is 2.40 bits per heavy atom. The largest absolute Gasteiger partial charge is 0.489 e. The Labute approximate surface area is 117 Å². The van der Waals surface area contributed by atoms with Crippen LogP contribution < -0.4 is 4.74 Å². The van der Waals surface area contributed by atoms with E-state index in [1.807, 2.05) is 13.0 Å². The summed E-state index contributed by atoms with van der Waals surface area (Å²) in [6, 6.07) is 7.39. The SMILES string of the molecule is CCC(CC(=O)O)c1ccc(OCC2CO2)c(C#N)c1. The summed E-state index contributed by atoms with van der Waals surface area (Å²) in [5.74, 6) is -0.390. The maximum Gasteiger partial charge on any atom is 0.303 e. The molecule has 0 aliphatic carbocycles. The third-order valence-corrected chi connectivity index (χ3v) is 3.34. The quantitative estimate of drug-likeness (QED) is 0.772. The van der Waals surface area contributed by atoms with Crippen molar-refractivity contribution in [3.05, 3.63) is 29.3 Å².